The van der Waals surface area contributed by atoms with Crippen molar-refractivity contribution in [2.24, 2.45) is 5.41 Å². The van der Waals surface area contributed by atoms with Crippen LogP contribution in [-0.2, 0) is 0 Å². The fourth-order valence-electron chi connectivity index (χ4n) is 2.85. The molecular formula is C14H24N2OS. The van der Waals surface area contributed by atoms with Crippen molar-refractivity contribution in [1.82, 2.24) is 10.3 Å². The number of rotatable bonds is 6. The molecule has 0 spiro atoms. The lowest BCUT2D eigenvalue weighted by atomic mass is 9.74. The van der Waals surface area contributed by atoms with E-state index < -0.39 is 0 Å². The van der Waals surface area contributed by atoms with Crippen molar-refractivity contribution in [3.05, 3.63) is 16.6 Å². The molecule has 1 aliphatic rings. The molecule has 0 bridgehead atoms. The maximum Gasteiger partial charge on any atom is 0.109 e. The summed E-state index contributed by atoms with van der Waals surface area (Å²) < 4.78 is 0. The molecule has 2 N–H and O–H groups in total. The highest BCUT2D eigenvalue weighted by molar-refractivity contribution is 7.09. The van der Waals surface area contributed by atoms with E-state index in [0.717, 1.165) is 25.8 Å². The van der Waals surface area contributed by atoms with Crippen molar-refractivity contribution < 1.29 is 5.11 Å². The van der Waals surface area contributed by atoms with Crippen LogP contribution in [0.25, 0.3) is 0 Å². The average molecular weight is 268 g/mol. The largest absolute Gasteiger partial charge is 0.396 e. The van der Waals surface area contributed by atoms with Gasteiger partial charge in [-0.15, -0.1) is 11.3 Å². The Bertz CT molecular complexity index is 334. The Balaban J connectivity index is 1.92. The van der Waals surface area contributed by atoms with Crippen LogP contribution in [0.1, 0.15) is 56.5 Å². The molecule has 0 amide bonds. The summed E-state index contributed by atoms with van der Waals surface area (Å²) in [5.41, 5.74) is 0.114. The average Bonchev–Trinajstić information content (AvgIpc) is 2.95. The lowest BCUT2D eigenvalue weighted by Crippen LogP contribution is -2.40. The van der Waals surface area contributed by atoms with Gasteiger partial charge in [-0.05, 0) is 19.3 Å². The molecule has 102 valence electrons. The normalized spacial score (nSPS) is 20.8. The topological polar surface area (TPSA) is 45.1 Å². The highest BCUT2D eigenvalue weighted by atomic mass is 32.1. The van der Waals surface area contributed by atoms with Crippen molar-refractivity contribution in [3.63, 3.8) is 0 Å². The van der Waals surface area contributed by atoms with E-state index in [2.05, 4.69) is 17.2 Å². The summed E-state index contributed by atoms with van der Waals surface area (Å²) in [6.45, 7) is 3.42. The van der Waals surface area contributed by atoms with Crippen molar-refractivity contribution >= 4 is 11.3 Å². The molecule has 1 aromatic rings. The zero-order chi connectivity index (χ0) is 12.8. The predicted molar refractivity (Wildman–Crippen MR) is 75.8 cm³/mol. The number of thiazole rings is 1. The molecule has 1 fully saturated rings. The van der Waals surface area contributed by atoms with E-state index in [0.29, 0.717) is 12.6 Å². The third-order valence-corrected chi connectivity index (χ3v) is 5.02. The molecule has 0 radical (unpaired) electrons. The summed E-state index contributed by atoms with van der Waals surface area (Å²) >= 11 is 1.71. The van der Waals surface area contributed by atoms with Crippen LogP contribution < -0.4 is 5.32 Å². The number of aliphatic hydroxyl groups excluding tert-OH is 1. The van der Waals surface area contributed by atoms with Crippen LogP contribution in [0.5, 0.6) is 0 Å². The molecule has 18 heavy (non-hydrogen) atoms. The van der Waals surface area contributed by atoms with E-state index in [1.807, 2.05) is 11.6 Å². The Morgan fingerprint density at radius 2 is 2.22 bits per heavy atom. The summed E-state index contributed by atoms with van der Waals surface area (Å²) in [4.78, 5) is 4.39. The van der Waals surface area contributed by atoms with Gasteiger partial charge in [0, 0.05) is 30.1 Å². The predicted octanol–water partition coefficient (Wildman–Crippen LogP) is 3.13. The van der Waals surface area contributed by atoms with E-state index in [-0.39, 0.29) is 5.41 Å². The minimum absolute atomic E-state index is 0.114. The van der Waals surface area contributed by atoms with Crippen molar-refractivity contribution in [1.29, 1.82) is 0 Å². The smallest absolute Gasteiger partial charge is 0.109 e. The van der Waals surface area contributed by atoms with Crippen LogP contribution >= 0.6 is 11.3 Å². The third-order valence-electron chi connectivity index (χ3n) is 4.13. The molecule has 3 nitrogen and oxygen atoms in total. The number of nitrogens with one attached hydrogen (secondary N) is 1. The van der Waals surface area contributed by atoms with Gasteiger partial charge >= 0.3 is 0 Å². The standard InChI is InChI=1S/C14H24N2OS/c1-2-12(13-15-8-9-18-13)16-10-14(11-17)6-4-3-5-7-14/h8-9,12,16-17H,2-7,10-11H2,1H3. The lowest BCUT2D eigenvalue weighted by molar-refractivity contribution is 0.0781. The first kappa shape index (κ1) is 14.0. The van der Waals surface area contributed by atoms with Crippen LogP contribution in [0.2, 0.25) is 0 Å². The van der Waals surface area contributed by atoms with E-state index in [9.17, 15) is 5.11 Å². The van der Waals surface area contributed by atoms with Gasteiger partial charge in [-0.25, -0.2) is 4.98 Å². The number of nitrogens with zero attached hydrogens (tertiary/aromatic N) is 1. The van der Waals surface area contributed by atoms with E-state index in [4.69, 9.17) is 0 Å². The first-order chi connectivity index (χ1) is 8.79. The Morgan fingerprint density at radius 1 is 1.44 bits per heavy atom. The summed E-state index contributed by atoms with van der Waals surface area (Å²) in [6, 6.07) is 0.343. The number of hydrogen-bond acceptors (Lipinski definition) is 4. The number of aliphatic hydroxyl groups is 1. The van der Waals surface area contributed by atoms with Crippen LogP contribution in [0.3, 0.4) is 0 Å². The van der Waals surface area contributed by atoms with Crippen LogP contribution in [0, 0.1) is 5.41 Å². The fourth-order valence-corrected chi connectivity index (χ4v) is 3.64. The lowest BCUT2D eigenvalue weighted by Gasteiger charge is -2.36. The Labute approximate surface area is 114 Å². The van der Waals surface area contributed by atoms with Gasteiger partial charge in [-0.1, -0.05) is 26.2 Å². The molecule has 0 saturated heterocycles. The molecule has 1 heterocycles. The summed E-state index contributed by atoms with van der Waals surface area (Å²) in [6.07, 6.45) is 9.08. The minimum Gasteiger partial charge on any atom is -0.396 e. The highest BCUT2D eigenvalue weighted by Gasteiger charge is 2.31. The fraction of sp³-hybridized carbons (Fsp3) is 0.786. The SMILES string of the molecule is CCC(NCC1(CO)CCCCC1)c1nccs1. The highest BCUT2D eigenvalue weighted by Crippen LogP contribution is 2.36. The van der Waals surface area contributed by atoms with Gasteiger partial charge in [0.05, 0.1) is 6.04 Å². The third kappa shape index (κ3) is 3.31. The second kappa shape index (κ2) is 6.64. The monoisotopic (exact) mass is 268 g/mol. The van der Waals surface area contributed by atoms with E-state index >= 15 is 0 Å². The Morgan fingerprint density at radius 3 is 2.78 bits per heavy atom. The van der Waals surface area contributed by atoms with Gasteiger partial charge in [0.2, 0.25) is 0 Å². The number of aromatic nitrogens is 1. The first-order valence-electron chi connectivity index (χ1n) is 7.03. The molecule has 1 aliphatic carbocycles. The minimum atomic E-state index is 0.114. The molecule has 1 saturated carbocycles. The zero-order valence-corrected chi connectivity index (χ0v) is 12.0. The first-order valence-corrected chi connectivity index (χ1v) is 7.91. The van der Waals surface area contributed by atoms with Crippen LogP contribution in [0.4, 0.5) is 0 Å². The Kier molecular flexibility index (Phi) is 5.15. The maximum atomic E-state index is 9.70. The van der Waals surface area contributed by atoms with Gasteiger partial charge in [-0.3, -0.25) is 0 Å². The molecule has 0 aromatic carbocycles. The van der Waals surface area contributed by atoms with E-state index in [1.165, 1.54) is 24.3 Å². The van der Waals surface area contributed by atoms with Crippen molar-refractivity contribution in [2.45, 2.75) is 51.5 Å². The molecule has 1 atom stereocenters. The maximum absolute atomic E-state index is 9.70. The van der Waals surface area contributed by atoms with Gasteiger partial charge in [0.1, 0.15) is 5.01 Å². The van der Waals surface area contributed by atoms with Gasteiger partial charge in [0.25, 0.3) is 0 Å². The van der Waals surface area contributed by atoms with Crippen molar-refractivity contribution in [2.75, 3.05) is 13.2 Å². The molecule has 1 unspecified atom stereocenters. The van der Waals surface area contributed by atoms with Crippen molar-refractivity contribution in [3.8, 4) is 0 Å². The second-order valence-corrected chi connectivity index (χ2v) is 6.36. The van der Waals surface area contributed by atoms with Crippen LogP contribution in [-0.4, -0.2) is 23.2 Å². The summed E-state index contributed by atoms with van der Waals surface area (Å²) in [5.74, 6) is 0. The van der Waals surface area contributed by atoms with Crippen LogP contribution in [0.15, 0.2) is 11.6 Å². The molecule has 2 rings (SSSR count). The summed E-state index contributed by atoms with van der Waals surface area (Å²) in [5, 5.41) is 16.5. The quantitative estimate of drug-likeness (QED) is 0.833. The molecular weight excluding hydrogens is 244 g/mol. The Hall–Kier alpha value is -0.450. The van der Waals surface area contributed by atoms with Gasteiger partial charge < -0.3 is 10.4 Å². The van der Waals surface area contributed by atoms with Gasteiger partial charge in [0.15, 0.2) is 0 Å². The van der Waals surface area contributed by atoms with E-state index in [1.54, 1.807) is 11.3 Å². The molecule has 0 aliphatic heterocycles. The zero-order valence-electron chi connectivity index (χ0n) is 11.2. The van der Waals surface area contributed by atoms with Gasteiger partial charge in [-0.2, -0.15) is 0 Å². The second-order valence-electron chi connectivity index (χ2n) is 5.43. The summed E-state index contributed by atoms with van der Waals surface area (Å²) in [7, 11) is 0. The molecule has 1 aromatic heterocycles. The number of hydrogen-bond donors (Lipinski definition) is 2. The molecule has 4 heteroatoms.